The summed E-state index contributed by atoms with van der Waals surface area (Å²) in [5, 5.41) is 0. The average molecular weight is 277 g/mol. The number of aromatic nitrogens is 1. The molecule has 1 aliphatic heterocycles. The number of carbonyl (C=O) groups is 1. The molecule has 0 aliphatic carbocycles. The van der Waals surface area contributed by atoms with Crippen molar-refractivity contribution < 1.29 is 4.79 Å². The number of pyridine rings is 1. The first kappa shape index (κ1) is 16.6. The number of rotatable bonds is 3. The van der Waals surface area contributed by atoms with Gasteiger partial charge in [-0.05, 0) is 30.4 Å². The molecule has 4 heteroatoms. The van der Waals surface area contributed by atoms with Crippen molar-refractivity contribution in [3.63, 3.8) is 0 Å². The zero-order valence-corrected chi connectivity index (χ0v) is 12.9. The van der Waals surface area contributed by atoms with Crippen LogP contribution >= 0.6 is 0 Å². The van der Waals surface area contributed by atoms with Crippen LogP contribution in [0.2, 0.25) is 0 Å². The molecule has 2 N–H and O–H groups in total. The monoisotopic (exact) mass is 277 g/mol. The lowest BCUT2D eigenvalue weighted by Crippen LogP contribution is -2.40. The molecule has 0 spiro atoms. The van der Waals surface area contributed by atoms with Crippen LogP contribution in [-0.2, 0) is 4.79 Å². The number of nitrogens with zero attached hydrogens (tertiary/aromatic N) is 2. The fourth-order valence-electron chi connectivity index (χ4n) is 2.58. The van der Waals surface area contributed by atoms with Gasteiger partial charge in [0.25, 0.3) is 0 Å². The van der Waals surface area contributed by atoms with Gasteiger partial charge in [-0.1, -0.05) is 26.8 Å². The van der Waals surface area contributed by atoms with Crippen molar-refractivity contribution in [3.05, 3.63) is 30.1 Å². The van der Waals surface area contributed by atoms with Crippen LogP contribution in [-0.4, -0.2) is 28.9 Å². The molecule has 1 saturated heterocycles. The van der Waals surface area contributed by atoms with Gasteiger partial charge in [0.1, 0.15) is 0 Å². The Morgan fingerprint density at radius 1 is 1.45 bits per heavy atom. The van der Waals surface area contributed by atoms with E-state index in [1.165, 1.54) is 0 Å². The van der Waals surface area contributed by atoms with E-state index in [1.807, 2.05) is 44.0 Å². The van der Waals surface area contributed by atoms with Crippen molar-refractivity contribution in [2.24, 2.45) is 11.7 Å². The fraction of sp³-hybridized carbons (Fsp3) is 0.625. The van der Waals surface area contributed by atoms with Gasteiger partial charge in [-0.15, -0.1) is 0 Å². The number of nitrogens with two attached hydrogens (primary N) is 1. The predicted octanol–water partition coefficient (Wildman–Crippen LogP) is 2.76. The Bertz CT molecular complexity index is 386. The van der Waals surface area contributed by atoms with E-state index >= 15 is 0 Å². The van der Waals surface area contributed by atoms with E-state index in [0.717, 1.165) is 31.5 Å². The highest BCUT2D eigenvalue weighted by molar-refractivity contribution is 5.75. The van der Waals surface area contributed by atoms with E-state index in [-0.39, 0.29) is 11.9 Å². The minimum absolute atomic E-state index is 0.0394. The predicted molar refractivity (Wildman–Crippen MR) is 82.1 cm³/mol. The largest absolute Gasteiger partial charge is 0.343 e. The molecule has 1 fully saturated rings. The summed E-state index contributed by atoms with van der Waals surface area (Å²) in [6, 6.07) is 3.99. The molecule has 0 aromatic carbocycles. The Morgan fingerprint density at radius 2 is 2.10 bits per heavy atom. The van der Waals surface area contributed by atoms with E-state index in [0.29, 0.717) is 12.3 Å². The molecule has 1 atom stereocenters. The molecule has 1 aromatic heterocycles. The van der Waals surface area contributed by atoms with Crippen LogP contribution in [0, 0.1) is 5.92 Å². The Kier molecular flexibility index (Phi) is 7.23. The van der Waals surface area contributed by atoms with Gasteiger partial charge < -0.3 is 10.6 Å². The fourth-order valence-corrected chi connectivity index (χ4v) is 2.58. The first-order valence-corrected chi connectivity index (χ1v) is 7.65. The maximum atomic E-state index is 11.6. The second-order valence-electron chi connectivity index (χ2n) is 4.88. The Hall–Kier alpha value is -1.42. The minimum Gasteiger partial charge on any atom is -0.343 e. The van der Waals surface area contributed by atoms with E-state index in [2.05, 4.69) is 4.98 Å². The van der Waals surface area contributed by atoms with Crippen molar-refractivity contribution in [2.75, 3.05) is 13.1 Å². The number of carbonyl (C=O) groups excluding carboxylic acids is 1. The van der Waals surface area contributed by atoms with Crippen LogP contribution in [0.25, 0.3) is 0 Å². The summed E-state index contributed by atoms with van der Waals surface area (Å²) in [5.41, 5.74) is 7.38. The average Bonchev–Trinajstić information content (AvgIpc) is 2.56. The molecule has 1 aromatic rings. The minimum atomic E-state index is 0.0394. The van der Waals surface area contributed by atoms with E-state index in [4.69, 9.17) is 5.73 Å². The lowest BCUT2D eigenvalue weighted by Gasteiger charge is -2.34. The summed E-state index contributed by atoms with van der Waals surface area (Å²) < 4.78 is 0. The smallest absolute Gasteiger partial charge is 0.222 e. The molecule has 0 radical (unpaired) electrons. The van der Waals surface area contributed by atoms with Crippen LogP contribution in [0.3, 0.4) is 0 Å². The third-order valence-corrected chi connectivity index (χ3v) is 3.77. The maximum absolute atomic E-state index is 11.6. The summed E-state index contributed by atoms with van der Waals surface area (Å²) in [7, 11) is 0. The molecule has 2 rings (SSSR count). The van der Waals surface area contributed by atoms with Gasteiger partial charge in [0.05, 0.1) is 0 Å². The molecule has 0 saturated carbocycles. The van der Waals surface area contributed by atoms with Crippen LogP contribution in [0.4, 0.5) is 0 Å². The number of piperidine rings is 1. The Labute approximate surface area is 122 Å². The molecule has 1 unspecified atom stereocenters. The Morgan fingerprint density at radius 3 is 2.60 bits per heavy atom. The summed E-state index contributed by atoms with van der Waals surface area (Å²) in [6.45, 7) is 7.59. The molecule has 4 nitrogen and oxygen atoms in total. The topological polar surface area (TPSA) is 59.2 Å². The number of likely N-dealkylation sites (tertiary alicyclic amines) is 1. The third kappa shape index (κ3) is 4.30. The van der Waals surface area contributed by atoms with Crippen molar-refractivity contribution in [1.29, 1.82) is 0 Å². The van der Waals surface area contributed by atoms with Gasteiger partial charge in [-0.3, -0.25) is 9.78 Å². The second-order valence-corrected chi connectivity index (χ2v) is 4.88. The first-order chi connectivity index (χ1) is 9.72. The van der Waals surface area contributed by atoms with Gasteiger partial charge >= 0.3 is 0 Å². The lowest BCUT2D eigenvalue weighted by atomic mass is 9.86. The number of hydrogen-bond acceptors (Lipinski definition) is 3. The molecule has 2 heterocycles. The normalized spacial score (nSPS) is 17.1. The van der Waals surface area contributed by atoms with Gasteiger partial charge in [-0.25, -0.2) is 0 Å². The molecule has 1 aliphatic rings. The number of amides is 1. The van der Waals surface area contributed by atoms with Crippen LogP contribution < -0.4 is 5.73 Å². The van der Waals surface area contributed by atoms with E-state index in [9.17, 15) is 4.79 Å². The standard InChI is InChI=1S/C14H21N3O.C2H6/c1-2-13(18)17-8-5-11(6-9-17)14(15)12-4-3-7-16-10-12;1-2/h3-4,7,10-11,14H,2,5-6,8-9,15H2,1H3;1-2H3. The molecular formula is C16H27N3O. The molecule has 0 bridgehead atoms. The third-order valence-electron chi connectivity index (χ3n) is 3.77. The maximum Gasteiger partial charge on any atom is 0.222 e. The van der Waals surface area contributed by atoms with E-state index in [1.54, 1.807) is 6.20 Å². The van der Waals surface area contributed by atoms with Crippen molar-refractivity contribution in [3.8, 4) is 0 Å². The summed E-state index contributed by atoms with van der Waals surface area (Å²) in [6.07, 6.45) is 6.18. The van der Waals surface area contributed by atoms with Gasteiger partial charge in [0.2, 0.25) is 5.91 Å². The van der Waals surface area contributed by atoms with Crippen LogP contribution in [0.5, 0.6) is 0 Å². The SMILES string of the molecule is CC.CCC(=O)N1CCC(C(N)c2cccnc2)CC1. The van der Waals surface area contributed by atoms with Crippen molar-refractivity contribution >= 4 is 5.91 Å². The van der Waals surface area contributed by atoms with Crippen LogP contribution in [0.1, 0.15) is 51.6 Å². The lowest BCUT2D eigenvalue weighted by molar-refractivity contribution is -0.132. The van der Waals surface area contributed by atoms with Crippen LogP contribution in [0.15, 0.2) is 24.5 Å². The molecular weight excluding hydrogens is 250 g/mol. The number of hydrogen-bond donors (Lipinski definition) is 1. The molecule has 1 amide bonds. The van der Waals surface area contributed by atoms with Gasteiger partial charge in [0.15, 0.2) is 0 Å². The summed E-state index contributed by atoms with van der Waals surface area (Å²) in [4.78, 5) is 17.7. The molecule has 112 valence electrons. The highest BCUT2D eigenvalue weighted by Crippen LogP contribution is 2.28. The summed E-state index contributed by atoms with van der Waals surface area (Å²) in [5.74, 6) is 0.707. The van der Waals surface area contributed by atoms with Crippen molar-refractivity contribution in [1.82, 2.24) is 9.88 Å². The zero-order chi connectivity index (χ0) is 15.0. The van der Waals surface area contributed by atoms with Crippen molar-refractivity contribution in [2.45, 2.75) is 46.1 Å². The zero-order valence-electron chi connectivity index (χ0n) is 12.9. The molecule has 20 heavy (non-hydrogen) atoms. The quantitative estimate of drug-likeness (QED) is 0.924. The first-order valence-electron chi connectivity index (χ1n) is 7.65. The highest BCUT2D eigenvalue weighted by Gasteiger charge is 2.26. The summed E-state index contributed by atoms with van der Waals surface area (Å²) >= 11 is 0. The van der Waals surface area contributed by atoms with Gasteiger partial charge in [0, 0.05) is 37.9 Å². The van der Waals surface area contributed by atoms with Gasteiger partial charge in [-0.2, -0.15) is 0 Å². The van der Waals surface area contributed by atoms with E-state index < -0.39 is 0 Å². The Balaban J connectivity index is 0.000000956. The highest BCUT2D eigenvalue weighted by atomic mass is 16.2. The second kappa shape index (κ2) is 8.69.